The summed E-state index contributed by atoms with van der Waals surface area (Å²) in [6.07, 6.45) is 0.740. The SMILES string of the molecule is CCc1ccc(C(=O)C[C@H](N)C(=O)O)cc1. The van der Waals surface area contributed by atoms with Crippen LogP contribution in [0.25, 0.3) is 0 Å². The summed E-state index contributed by atoms with van der Waals surface area (Å²) in [6.45, 7) is 2.02. The Morgan fingerprint density at radius 3 is 2.31 bits per heavy atom. The molecule has 4 heteroatoms. The fraction of sp³-hybridized carbons (Fsp3) is 0.333. The Kier molecular flexibility index (Phi) is 4.19. The van der Waals surface area contributed by atoms with Gasteiger partial charge in [-0.15, -0.1) is 0 Å². The number of aliphatic carboxylic acids is 1. The number of hydrogen-bond acceptors (Lipinski definition) is 3. The molecule has 0 fully saturated rings. The van der Waals surface area contributed by atoms with Crippen molar-refractivity contribution in [3.63, 3.8) is 0 Å². The Morgan fingerprint density at radius 1 is 1.31 bits per heavy atom. The van der Waals surface area contributed by atoms with E-state index >= 15 is 0 Å². The average Bonchev–Trinajstić information content (AvgIpc) is 2.28. The van der Waals surface area contributed by atoms with Crippen molar-refractivity contribution in [3.8, 4) is 0 Å². The van der Waals surface area contributed by atoms with Crippen molar-refractivity contribution in [3.05, 3.63) is 35.4 Å². The van der Waals surface area contributed by atoms with Crippen LogP contribution in [0.2, 0.25) is 0 Å². The smallest absolute Gasteiger partial charge is 0.320 e. The first-order valence-corrected chi connectivity index (χ1v) is 5.15. The van der Waals surface area contributed by atoms with Gasteiger partial charge in [-0.2, -0.15) is 0 Å². The summed E-state index contributed by atoms with van der Waals surface area (Å²) >= 11 is 0. The first-order chi connectivity index (χ1) is 7.54. The van der Waals surface area contributed by atoms with Crippen LogP contribution in [0.15, 0.2) is 24.3 Å². The molecule has 0 bridgehead atoms. The second-order valence-electron chi connectivity index (χ2n) is 3.62. The molecule has 0 aliphatic heterocycles. The maximum absolute atomic E-state index is 11.6. The van der Waals surface area contributed by atoms with E-state index in [2.05, 4.69) is 0 Å². The van der Waals surface area contributed by atoms with Crippen LogP contribution in [0.4, 0.5) is 0 Å². The van der Waals surface area contributed by atoms with Crippen LogP contribution in [0.3, 0.4) is 0 Å². The summed E-state index contributed by atoms with van der Waals surface area (Å²) in [4.78, 5) is 22.1. The highest BCUT2D eigenvalue weighted by Gasteiger charge is 2.17. The van der Waals surface area contributed by atoms with E-state index < -0.39 is 12.0 Å². The zero-order valence-electron chi connectivity index (χ0n) is 9.14. The molecular weight excluding hydrogens is 206 g/mol. The molecule has 0 spiro atoms. The van der Waals surface area contributed by atoms with E-state index in [4.69, 9.17) is 10.8 Å². The Balaban J connectivity index is 2.69. The third-order valence-corrected chi connectivity index (χ3v) is 2.41. The van der Waals surface area contributed by atoms with Crippen molar-refractivity contribution in [2.75, 3.05) is 0 Å². The van der Waals surface area contributed by atoms with Crippen LogP contribution < -0.4 is 5.73 Å². The van der Waals surface area contributed by atoms with Crippen LogP contribution in [-0.4, -0.2) is 22.9 Å². The van der Waals surface area contributed by atoms with Crippen LogP contribution in [0.5, 0.6) is 0 Å². The lowest BCUT2D eigenvalue weighted by Gasteiger charge is -2.05. The van der Waals surface area contributed by atoms with Crippen LogP contribution >= 0.6 is 0 Å². The molecule has 0 amide bonds. The van der Waals surface area contributed by atoms with Gasteiger partial charge in [0.1, 0.15) is 6.04 Å². The molecule has 0 heterocycles. The molecule has 1 aromatic carbocycles. The fourth-order valence-electron chi connectivity index (χ4n) is 1.33. The molecule has 0 aliphatic rings. The minimum atomic E-state index is -1.15. The van der Waals surface area contributed by atoms with Crippen molar-refractivity contribution < 1.29 is 14.7 Å². The predicted octanol–water partition coefficient (Wildman–Crippen LogP) is 1.23. The number of ketones is 1. The largest absolute Gasteiger partial charge is 0.480 e. The lowest BCUT2D eigenvalue weighted by molar-refractivity contribution is -0.138. The molecule has 1 rings (SSSR count). The molecule has 0 saturated heterocycles. The Morgan fingerprint density at radius 2 is 1.88 bits per heavy atom. The highest BCUT2D eigenvalue weighted by molar-refractivity contribution is 5.98. The van der Waals surface area contributed by atoms with Crippen molar-refractivity contribution in [2.24, 2.45) is 5.73 Å². The number of rotatable bonds is 5. The first kappa shape index (κ1) is 12.4. The predicted molar refractivity (Wildman–Crippen MR) is 60.4 cm³/mol. The summed E-state index contributed by atoms with van der Waals surface area (Å²) in [7, 11) is 0. The van der Waals surface area contributed by atoms with E-state index in [0.717, 1.165) is 12.0 Å². The molecule has 3 N–H and O–H groups in total. The average molecular weight is 221 g/mol. The normalized spacial score (nSPS) is 12.1. The van der Waals surface area contributed by atoms with Gasteiger partial charge in [0.25, 0.3) is 0 Å². The van der Waals surface area contributed by atoms with Gasteiger partial charge in [-0.3, -0.25) is 9.59 Å². The van der Waals surface area contributed by atoms with Gasteiger partial charge in [0, 0.05) is 12.0 Å². The first-order valence-electron chi connectivity index (χ1n) is 5.15. The van der Waals surface area contributed by atoms with Crippen LogP contribution in [-0.2, 0) is 11.2 Å². The Labute approximate surface area is 94.1 Å². The minimum absolute atomic E-state index is 0.166. The third kappa shape index (κ3) is 3.17. The zero-order valence-corrected chi connectivity index (χ0v) is 9.14. The standard InChI is InChI=1S/C12H15NO3/c1-2-8-3-5-9(6-4-8)11(14)7-10(13)12(15)16/h3-6,10H,2,7,13H2,1H3,(H,15,16)/t10-/m0/s1. The van der Waals surface area contributed by atoms with Gasteiger partial charge in [-0.1, -0.05) is 31.2 Å². The van der Waals surface area contributed by atoms with Gasteiger partial charge in [-0.05, 0) is 12.0 Å². The number of Topliss-reactive ketones (excluding diaryl/α,β-unsaturated/α-hetero) is 1. The summed E-state index contributed by atoms with van der Waals surface area (Å²) in [5, 5.41) is 8.58. The van der Waals surface area contributed by atoms with Crippen molar-refractivity contribution in [1.29, 1.82) is 0 Å². The number of benzene rings is 1. The molecule has 16 heavy (non-hydrogen) atoms. The van der Waals surface area contributed by atoms with E-state index in [1.165, 1.54) is 0 Å². The van der Waals surface area contributed by atoms with E-state index in [1.807, 2.05) is 19.1 Å². The number of carbonyl (C=O) groups is 2. The number of carbonyl (C=O) groups excluding carboxylic acids is 1. The number of aryl methyl sites for hydroxylation is 1. The summed E-state index contributed by atoms with van der Waals surface area (Å²) in [5.41, 5.74) is 6.94. The monoisotopic (exact) mass is 221 g/mol. The highest BCUT2D eigenvalue weighted by Crippen LogP contribution is 2.08. The van der Waals surface area contributed by atoms with Crippen molar-refractivity contribution in [1.82, 2.24) is 0 Å². The van der Waals surface area contributed by atoms with Gasteiger partial charge in [-0.25, -0.2) is 0 Å². The van der Waals surface area contributed by atoms with Crippen molar-refractivity contribution >= 4 is 11.8 Å². The van der Waals surface area contributed by atoms with E-state index in [9.17, 15) is 9.59 Å². The highest BCUT2D eigenvalue weighted by atomic mass is 16.4. The van der Waals surface area contributed by atoms with Gasteiger partial charge in [0.05, 0.1) is 0 Å². The van der Waals surface area contributed by atoms with Gasteiger partial charge in [0.15, 0.2) is 5.78 Å². The molecule has 1 atom stereocenters. The second-order valence-corrected chi connectivity index (χ2v) is 3.62. The molecule has 0 aromatic heterocycles. The molecule has 4 nitrogen and oxygen atoms in total. The summed E-state index contributed by atoms with van der Waals surface area (Å²) < 4.78 is 0. The summed E-state index contributed by atoms with van der Waals surface area (Å²) in [5.74, 6) is -1.39. The van der Waals surface area contributed by atoms with Crippen molar-refractivity contribution in [2.45, 2.75) is 25.8 Å². The third-order valence-electron chi connectivity index (χ3n) is 2.41. The Hall–Kier alpha value is -1.68. The minimum Gasteiger partial charge on any atom is -0.480 e. The second kappa shape index (κ2) is 5.42. The molecule has 0 saturated carbocycles. The quantitative estimate of drug-likeness (QED) is 0.733. The molecule has 1 aromatic rings. The molecular formula is C12H15NO3. The molecule has 0 unspecified atom stereocenters. The van der Waals surface area contributed by atoms with Gasteiger partial charge < -0.3 is 10.8 Å². The zero-order chi connectivity index (χ0) is 12.1. The number of carboxylic acid groups (broad SMARTS) is 1. The molecule has 0 radical (unpaired) electrons. The van der Waals surface area contributed by atoms with Crippen LogP contribution in [0, 0.1) is 0 Å². The topological polar surface area (TPSA) is 80.4 Å². The van der Waals surface area contributed by atoms with E-state index in [-0.39, 0.29) is 12.2 Å². The van der Waals surface area contributed by atoms with E-state index in [1.54, 1.807) is 12.1 Å². The fourth-order valence-corrected chi connectivity index (χ4v) is 1.33. The molecule has 86 valence electrons. The number of carboxylic acids is 1. The van der Waals surface area contributed by atoms with Crippen LogP contribution in [0.1, 0.15) is 29.3 Å². The van der Waals surface area contributed by atoms with E-state index in [0.29, 0.717) is 5.56 Å². The maximum Gasteiger partial charge on any atom is 0.320 e. The molecule has 0 aliphatic carbocycles. The maximum atomic E-state index is 11.6. The van der Waals surface area contributed by atoms with Gasteiger partial charge in [0.2, 0.25) is 0 Å². The van der Waals surface area contributed by atoms with Gasteiger partial charge >= 0.3 is 5.97 Å². The summed E-state index contributed by atoms with van der Waals surface area (Å²) in [6, 6.07) is 6.00. The lowest BCUT2D eigenvalue weighted by atomic mass is 10.0. The number of nitrogens with two attached hydrogens (primary N) is 1. The Bertz CT molecular complexity index is 384. The lowest BCUT2D eigenvalue weighted by Crippen LogP contribution is -2.32. The number of hydrogen-bond donors (Lipinski definition) is 2.